The van der Waals surface area contributed by atoms with E-state index in [1.165, 1.54) is 17.0 Å². The minimum Gasteiger partial charge on any atom is -0.269 e. The van der Waals surface area contributed by atoms with Crippen LogP contribution in [0.2, 0.25) is 0 Å². The lowest BCUT2D eigenvalue weighted by Crippen LogP contribution is -2.59. The van der Waals surface area contributed by atoms with Crippen molar-refractivity contribution in [3.8, 4) is 22.4 Å². The molecule has 6 aromatic rings. The minimum absolute atomic E-state index is 0.0280. The van der Waals surface area contributed by atoms with Crippen LogP contribution < -0.4 is 0 Å². The molecule has 2 aliphatic rings. The van der Waals surface area contributed by atoms with E-state index in [0.29, 0.717) is 46.5 Å². The number of halogens is 1. The van der Waals surface area contributed by atoms with Crippen molar-refractivity contribution < 1.29 is 14.0 Å². The molecular weight excluding hydrogens is 553 g/mol. The van der Waals surface area contributed by atoms with Crippen LogP contribution in [-0.4, -0.2) is 36.3 Å². The summed E-state index contributed by atoms with van der Waals surface area (Å²) < 4.78 is 16.1. The van der Waals surface area contributed by atoms with Crippen molar-refractivity contribution in [3.05, 3.63) is 119 Å². The number of pyridine rings is 1. The molecule has 0 atom stereocenters. The molecule has 1 aliphatic carbocycles. The summed E-state index contributed by atoms with van der Waals surface area (Å²) in [6.07, 6.45) is 3.09. The predicted octanol–water partition coefficient (Wildman–Crippen LogP) is 7.37. The van der Waals surface area contributed by atoms with E-state index >= 15 is 0 Å². The van der Waals surface area contributed by atoms with Gasteiger partial charge in [-0.25, -0.2) is 14.4 Å². The van der Waals surface area contributed by atoms with Gasteiger partial charge in [0.2, 0.25) is 0 Å². The zero-order valence-corrected chi connectivity index (χ0v) is 24.5. The largest absolute Gasteiger partial charge is 0.269 e. The Kier molecular flexibility index (Phi) is 5.48. The number of hydrogen-bond donors (Lipinski definition) is 0. The van der Waals surface area contributed by atoms with Crippen molar-refractivity contribution in [2.75, 3.05) is 0 Å². The van der Waals surface area contributed by atoms with Gasteiger partial charge in [-0.1, -0.05) is 62.4 Å². The molecule has 0 unspecified atom stereocenters. The van der Waals surface area contributed by atoms with Gasteiger partial charge in [0.05, 0.1) is 28.1 Å². The van der Waals surface area contributed by atoms with Crippen molar-refractivity contribution in [3.63, 3.8) is 0 Å². The first-order chi connectivity index (χ1) is 21.1. The quantitative estimate of drug-likeness (QED) is 0.203. The predicted molar refractivity (Wildman–Crippen MR) is 165 cm³/mol. The fourth-order valence-corrected chi connectivity index (χ4v) is 7.29. The third kappa shape index (κ3) is 3.83. The van der Waals surface area contributed by atoms with Crippen molar-refractivity contribution in [1.82, 2.24) is 24.5 Å². The van der Waals surface area contributed by atoms with Gasteiger partial charge in [0, 0.05) is 28.8 Å². The first-order valence-corrected chi connectivity index (χ1v) is 14.6. The summed E-state index contributed by atoms with van der Waals surface area (Å²) in [5.41, 5.74) is 6.13. The molecule has 44 heavy (non-hydrogen) atoms. The Morgan fingerprint density at radius 2 is 1.50 bits per heavy atom. The Morgan fingerprint density at radius 3 is 2.16 bits per heavy atom. The zero-order valence-electron chi connectivity index (χ0n) is 24.5. The molecule has 7 nitrogen and oxygen atoms in total. The van der Waals surface area contributed by atoms with E-state index in [9.17, 15) is 14.0 Å². The van der Waals surface area contributed by atoms with Crippen LogP contribution >= 0.6 is 0 Å². The second kappa shape index (κ2) is 9.13. The molecule has 0 N–H and O–H groups in total. The number of imide groups is 1. The third-order valence-corrected chi connectivity index (χ3v) is 8.98. The lowest BCUT2D eigenvalue weighted by Gasteiger charge is -2.57. The van der Waals surface area contributed by atoms with Crippen molar-refractivity contribution >= 4 is 28.5 Å². The summed E-state index contributed by atoms with van der Waals surface area (Å²) in [6.45, 7) is 6.23. The number of carbonyl (C=O) groups is 2. The van der Waals surface area contributed by atoms with Crippen LogP contribution in [0.3, 0.4) is 0 Å². The van der Waals surface area contributed by atoms with Gasteiger partial charge in [-0.3, -0.25) is 14.5 Å². The number of hydrogen-bond acceptors (Lipinski definition) is 5. The fraction of sp³-hybridized carbons (Fsp3) is 0.194. The number of aromatic nitrogens is 4. The standard InChI is InChI=1S/C36H28FN5O2/c1-21-15-30-38-18-24-17-29(23-7-6-8-26(37)16-23)31(39-32(24)42(30)40-21)22-11-13-25(14-12-22)36(19-35(2,3)20-36)41-33(43)27-9-4-5-10-28(27)34(41)44/h4-18H,19-20H2,1-3H3. The molecule has 1 saturated carbocycles. The van der Waals surface area contributed by atoms with E-state index in [1.54, 1.807) is 41.0 Å². The van der Waals surface area contributed by atoms with E-state index in [4.69, 9.17) is 4.98 Å². The topological polar surface area (TPSA) is 80.5 Å². The summed E-state index contributed by atoms with van der Waals surface area (Å²) >= 11 is 0. The van der Waals surface area contributed by atoms with Crippen LogP contribution in [-0.2, 0) is 5.54 Å². The average molecular weight is 582 g/mol. The van der Waals surface area contributed by atoms with E-state index < -0.39 is 5.54 Å². The van der Waals surface area contributed by atoms with Crippen molar-refractivity contribution in [1.29, 1.82) is 0 Å². The second-order valence-corrected chi connectivity index (χ2v) is 12.7. The lowest BCUT2D eigenvalue weighted by atomic mass is 9.56. The molecule has 0 spiro atoms. The Labute approximate surface area is 253 Å². The summed E-state index contributed by atoms with van der Waals surface area (Å²) in [7, 11) is 0. The Morgan fingerprint density at radius 1 is 0.795 bits per heavy atom. The van der Waals surface area contributed by atoms with E-state index in [1.807, 2.05) is 49.4 Å². The maximum absolute atomic E-state index is 14.4. The highest BCUT2D eigenvalue weighted by molar-refractivity contribution is 6.22. The van der Waals surface area contributed by atoms with Gasteiger partial charge >= 0.3 is 0 Å². The number of benzene rings is 3. The molecule has 0 bridgehead atoms. The van der Waals surface area contributed by atoms with E-state index in [2.05, 4.69) is 23.9 Å². The highest BCUT2D eigenvalue weighted by Gasteiger charge is 2.59. The SMILES string of the molecule is Cc1cc2ncc3cc(-c4cccc(F)c4)c(-c4ccc(C5(N6C(=O)c7ccccc7C6=O)CC(C)(C)C5)cc4)nc3n2n1. The maximum atomic E-state index is 14.4. The molecule has 8 heteroatoms. The average Bonchev–Trinajstić information content (AvgIpc) is 3.51. The monoisotopic (exact) mass is 581 g/mol. The van der Waals surface area contributed by atoms with Gasteiger partial charge in [0.25, 0.3) is 11.8 Å². The maximum Gasteiger partial charge on any atom is 0.262 e. The van der Waals surface area contributed by atoms with Crippen LogP contribution in [0.1, 0.15) is 58.7 Å². The summed E-state index contributed by atoms with van der Waals surface area (Å²) in [6, 6.07) is 25.3. The van der Waals surface area contributed by atoms with Gasteiger partial charge in [-0.15, -0.1) is 0 Å². The second-order valence-electron chi connectivity index (χ2n) is 12.7. The van der Waals surface area contributed by atoms with E-state index in [-0.39, 0.29) is 23.0 Å². The molecule has 2 amide bonds. The third-order valence-electron chi connectivity index (χ3n) is 8.98. The van der Waals surface area contributed by atoms with Crippen LogP contribution in [0.5, 0.6) is 0 Å². The van der Waals surface area contributed by atoms with Crippen LogP contribution in [0.15, 0.2) is 91.1 Å². The van der Waals surface area contributed by atoms with Gasteiger partial charge < -0.3 is 0 Å². The van der Waals surface area contributed by atoms with Crippen LogP contribution in [0.25, 0.3) is 39.1 Å². The molecule has 8 rings (SSSR count). The summed E-state index contributed by atoms with van der Waals surface area (Å²) in [5, 5.41) is 5.39. The molecule has 3 aromatic heterocycles. The normalized spacial score (nSPS) is 16.9. The number of amides is 2. The van der Waals surface area contributed by atoms with Crippen LogP contribution in [0.4, 0.5) is 4.39 Å². The number of rotatable bonds is 4. The van der Waals surface area contributed by atoms with Crippen LogP contribution in [0, 0.1) is 18.2 Å². The fourth-order valence-electron chi connectivity index (χ4n) is 7.29. The first-order valence-electron chi connectivity index (χ1n) is 14.6. The molecular formula is C36H28FN5O2. The number of carbonyl (C=O) groups excluding carboxylic acids is 2. The molecule has 216 valence electrons. The molecule has 0 saturated heterocycles. The van der Waals surface area contributed by atoms with Gasteiger partial charge in [-0.2, -0.15) is 9.61 Å². The zero-order chi connectivity index (χ0) is 30.4. The van der Waals surface area contributed by atoms with Gasteiger partial charge in [-0.05, 0) is 66.6 Å². The smallest absolute Gasteiger partial charge is 0.262 e. The number of fused-ring (bicyclic) bond motifs is 4. The van der Waals surface area contributed by atoms with Gasteiger partial charge in [0.15, 0.2) is 11.3 Å². The van der Waals surface area contributed by atoms with Crippen molar-refractivity contribution in [2.45, 2.75) is 39.2 Å². The molecule has 4 heterocycles. The Balaban J connectivity index is 1.28. The number of nitrogens with zero attached hydrogens (tertiary/aromatic N) is 5. The first kappa shape index (κ1) is 26.4. The van der Waals surface area contributed by atoms with E-state index in [0.717, 1.165) is 27.8 Å². The number of aryl methyl sites for hydroxylation is 1. The summed E-state index contributed by atoms with van der Waals surface area (Å²) in [5.74, 6) is -0.834. The molecule has 1 fully saturated rings. The molecule has 1 aliphatic heterocycles. The molecule has 0 radical (unpaired) electrons. The summed E-state index contributed by atoms with van der Waals surface area (Å²) in [4.78, 5) is 38.4. The molecule has 3 aromatic carbocycles. The van der Waals surface area contributed by atoms with Gasteiger partial charge in [0.1, 0.15) is 5.82 Å². The highest BCUT2D eigenvalue weighted by atomic mass is 19.1. The highest BCUT2D eigenvalue weighted by Crippen LogP contribution is 2.58. The minimum atomic E-state index is -0.748. The van der Waals surface area contributed by atoms with Crippen molar-refractivity contribution in [2.24, 2.45) is 5.41 Å². The lowest BCUT2D eigenvalue weighted by molar-refractivity contribution is -0.0414. The Bertz CT molecular complexity index is 2140. The Hall–Kier alpha value is -5.24.